The standard InChI is InChI=1S/C20H21N5O4/c1-3-25-11-14(10-22-25)18-17(19(26)28-4-2)16(23-20(27)24-18)12-29-15-7-5-6-13(8-15)9-21/h5-8,10-11,18H,3-4,12H2,1-2H3,(H2,23,24,27). The first-order chi connectivity index (χ1) is 14.0. The molecule has 0 bridgehead atoms. The minimum atomic E-state index is -0.716. The number of hydrogen-bond donors (Lipinski definition) is 2. The van der Waals surface area contributed by atoms with E-state index < -0.39 is 18.0 Å². The van der Waals surface area contributed by atoms with Gasteiger partial charge in [-0.25, -0.2) is 9.59 Å². The van der Waals surface area contributed by atoms with Gasteiger partial charge in [-0.3, -0.25) is 4.68 Å². The summed E-state index contributed by atoms with van der Waals surface area (Å²) in [7, 11) is 0. The molecule has 1 aliphatic heterocycles. The number of hydrogen-bond acceptors (Lipinski definition) is 6. The third kappa shape index (κ3) is 4.55. The van der Waals surface area contributed by atoms with Crippen molar-refractivity contribution < 1.29 is 19.1 Å². The second-order valence-electron chi connectivity index (χ2n) is 6.20. The first kappa shape index (κ1) is 19.9. The summed E-state index contributed by atoms with van der Waals surface area (Å²) in [5.41, 5.74) is 1.65. The molecule has 2 heterocycles. The largest absolute Gasteiger partial charge is 0.487 e. The van der Waals surface area contributed by atoms with Crippen molar-refractivity contribution in [1.82, 2.24) is 20.4 Å². The minimum Gasteiger partial charge on any atom is -0.487 e. The summed E-state index contributed by atoms with van der Waals surface area (Å²) in [5, 5.41) is 18.6. The fourth-order valence-corrected chi connectivity index (χ4v) is 2.94. The third-order valence-electron chi connectivity index (χ3n) is 4.31. The molecule has 29 heavy (non-hydrogen) atoms. The van der Waals surface area contributed by atoms with Crippen LogP contribution in [0.1, 0.15) is 31.0 Å². The summed E-state index contributed by atoms with van der Waals surface area (Å²) in [5.74, 6) is -0.110. The van der Waals surface area contributed by atoms with Crippen LogP contribution in [0.5, 0.6) is 5.75 Å². The number of ether oxygens (including phenoxy) is 2. The number of nitrogens with one attached hydrogen (secondary N) is 2. The molecule has 1 aliphatic rings. The van der Waals surface area contributed by atoms with Crippen LogP contribution in [0.3, 0.4) is 0 Å². The predicted octanol–water partition coefficient (Wildman–Crippen LogP) is 2.02. The number of carbonyl (C=O) groups excluding carboxylic acids is 2. The monoisotopic (exact) mass is 395 g/mol. The number of aryl methyl sites for hydroxylation is 1. The molecule has 0 saturated carbocycles. The molecule has 150 valence electrons. The van der Waals surface area contributed by atoms with Crippen LogP contribution >= 0.6 is 0 Å². The molecule has 0 spiro atoms. The van der Waals surface area contributed by atoms with E-state index >= 15 is 0 Å². The summed E-state index contributed by atoms with van der Waals surface area (Å²) in [6.07, 6.45) is 3.37. The maximum atomic E-state index is 12.7. The summed E-state index contributed by atoms with van der Waals surface area (Å²) >= 11 is 0. The zero-order valence-corrected chi connectivity index (χ0v) is 16.1. The van der Waals surface area contributed by atoms with Crippen LogP contribution in [0, 0.1) is 11.3 Å². The first-order valence-corrected chi connectivity index (χ1v) is 9.18. The number of nitrogens with zero attached hydrogens (tertiary/aromatic N) is 3. The van der Waals surface area contributed by atoms with Gasteiger partial charge in [0.1, 0.15) is 12.4 Å². The van der Waals surface area contributed by atoms with Gasteiger partial charge < -0.3 is 20.1 Å². The van der Waals surface area contributed by atoms with Crippen molar-refractivity contribution in [3.63, 3.8) is 0 Å². The molecular weight excluding hydrogens is 374 g/mol. The zero-order valence-electron chi connectivity index (χ0n) is 16.1. The van der Waals surface area contributed by atoms with Crippen LogP contribution in [0.4, 0.5) is 4.79 Å². The number of amides is 2. The number of aromatic nitrogens is 2. The predicted molar refractivity (Wildman–Crippen MR) is 103 cm³/mol. The third-order valence-corrected chi connectivity index (χ3v) is 4.31. The highest BCUT2D eigenvalue weighted by atomic mass is 16.5. The Morgan fingerprint density at radius 3 is 2.90 bits per heavy atom. The highest BCUT2D eigenvalue weighted by Crippen LogP contribution is 2.28. The van der Waals surface area contributed by atoms with Crippen molar-refractivity contribution in [2.24, 2.45) is 0 Å². The molecular formula is C20H21N5O4. The van der Waals surface area contributed by atoms with E-state index in [0.717, 1.165) is 0 Å². The summed E-state index contributed by atoms with van der Waals surface area (Å²) < 4.78 is 12.6. The Labute approximate surface area is 167 Å². The molecule has 1 unspecified atom stereocenters. The SMILES string of the molecule is CCOC(=O)C1=C(COc2cccc(C#N)c2)NC(=O)NC1c1cnn(CC)c1. The molecule has 9 nitrogen and oxygen atoms in total. The average Bonchev–Trinajstić information content (AvgIpc) is 3.21. The van der Waals surface area contributed by atoms with Gasteiger partial charge in [0.25, 0.3) is 0 Å². The van der Waals surface area contributed by atoms with E-state index in [0.29, 0.717) is 29.1 Å². The van der Waals surface area contributed by atoms with Crippen LogP contribution in [-0.4, -0.2) is 35.0 Å². The van der Waals surface area contributed by atoms with E-state index in [-0.39, 0.29) is 18.8 Å². The molecule has 3 rings (SSSR count). The van der Waals surface area contributed by atoms with Gasteiger partial charge in [-0.15, -0.1) is 0 Å². The number of urea groups is 1. The quantitative estimate of drug-likeness (QED) is 0.693. The van der Waals surface area contributed by atoms with Gasteiger partial charge in [0, 0.05) is 18.3 Å². The van der Waals surface area contributed by atoms with E-state index in [1.165, 1.54) is 0 Å². The maximum Gasteiger partial charge on any atom is 0.338 e. The summed E-state index contributed by atoms with van der Waals surface area (Å²) in [6.45, 7) is 4.42. The van der Waals surface area contributed by atoms with E-state index in [4.69, 9.17) is 14.7 Å². The smallest absolute Gasteiger partial charge is 0.338 e. The highest BCUT2D eigenvalue weighted by molar-refractivity contribution is 5.95. The Kier molecular flexibility index (Phi) is 6.14. The lowest BCUT2D eigenvalue weighted by Crippen LogP contribution is -2.47. The fourth-order valence-electron chi connectivity index (χ4n) is 2.94. The molecule has 1 atom stereocenters. The number of nitriles is 1. The van der Waals surface area contributed by atoms with Crippen molar-refractivity contribution in [3.8, 4) is 11.8 Å². The Bertz CT molecular complexity index is 989. The molecule has 9 heteroatoms. The molecule has 2 N–H and O–H groups in total. The van der Waals surface area contributed by atoms with Gasteiger partial charge in [0.05, 0.1) is 41.7 Å². The molecule has 2 amide bonds. The highest BCUT2D eigenvalue weighted by Gasteiger charge is 2.34. The van der Waals surface area contributed by atoms with Crippen LogP contribution < -0.4 is 15.4 Å². The molecule has 0 fully saturated rings. The van der Waals surface area contributed by atoms with Crippen molar-refractivity contribution in [2.45, 2.75) is 26.4 Å². The molecule has 0 radical (unpaired) electrons. The lowest BCUT2D eigenvalue weighted by Gasteiger charge is -2.28. The Morgan fingerprint density at radius 2 is 2.21 bits per heavy atom. The lowest BCUT2D eigenvalue weighted by atomic mass is 9.98. The Hall–Kier alpha value is -3.80. The van der Waals surface area contributed by atoms with Gasteiger partial charge in [0.15, 0.2) is 0 Å². The summed E-state index contributed by atoms with van der Waals surface area (Å²) in [4.78, 5) is 24.9. The molecule has 2 aromatic rings. The molecule has 1 aromatic carbocycles. The zero-order chi connectivity index (χ0) is 20.8. The minimum absolute atomic E-state index is 0.0745. The van der Waals surface area contributed by atoms with Crippen molar-refractivity contribution >= 4 is 12.0 Å². The molecule has 0 saturated heterocycles. The van der Waals surface area contributed by atoms with Gasteiger partial charge in [-0.2, -0.15) is 10.4 Å². The average molecular weight is 395 g/mol. The first-order valence-electron chi connectivity index (χ1n) is 9.18. The van der Waals surface area contributed by atoms with E-state index in [1.807, 2.05) is 13.0 Å². The number of carbonyl (C=O) groups is 2. The van der Waals surface area contributed by atoms with Gasteiger partial charge in [-0.1, -0.05) is 6.07 Å². The fraction of sp³-hybridized carbons (Fsp3) is 0.300. The maximum absolute atomic E-state index is 12.7. The topological polar surface area (TPSA) is 118 Å². The number of esters is 1. The van der Waals surface area contributed by atoms with Gasteiger partial charge in [0.2, 0.25) is 0 Å². The van der Waals surface area contributed by atoms with E-state index in [9.17, 15) is 9.59 Å². The van der Waals surface area contributed by atoms with Crippen molar-refractivity contribution in [3.05, 3.63) is 59.1 Å². The van der Waals surface area contributed by atoms with Crippen molar-refractivity contribution in [1.29, 1.82) is 5.26 Å². The van der Waals surface area contributed by atoms with Crippen LogP contribution in [0.15, 0.2) is 47.9 Å². The van der Waals surface area contributed by atoms with Crippen LogP contribution in [0.2, 0.25) is 0 Å². The molecule has 0 aliphatic carbocycles. The lowest BCUT2D eigenvalue weighted by molar-refractivity contribution is -0.139. The Balaban J connectivity index is 1.95. The van der Waals surface area contributed by atoms with Crippen LogP contribution in [0.25, 0.3) is 0 Å². The van der Waals surface area contributed by atoms with Crippen LogP contribution in [-0.2, 0) is 16.1 Å². The van der Waals surface area contributed by atoms with E-state index in [2.05, 4.69) is 15.7 Å². The normalized spacial score (nSPS) is 15.9. The summed E-state index contributed by atoms with van der Waals surface area (Å²) in [6, 6.07) is 7.48. The van der Waals surface area contributed by atoms with Crippen molar-refractivity contribution in [2.75, 3.05) is 13.2 Å². The van der Waals surface area contributed by atoms with E-state index in [1.54, 1.807) is 48.3 Å². The second-order valence-corrected chi connectivity index (χ2v) is 6.20. The number of rotatable bonds is 7. The van der Waals surface area contributed by atoms with Gasteiger partial charge >= 0.3 is 12.0 Å². The van der Waals surface area contributed by atoms with Gasteiger partial charge in [-0.05, 0) is 32.0 Å². The number of benzene rings is 1. The Morgan fingerprint density at radius 1 is 1.38 bits per heavy atom. The second kappa shape index (κ2) is 8.93. The molecule has 1 aromatic heterocycles.